The topological polar surface area (TPSA) is 66.5 Å². The molecule has 6 heteroatoms. The molecule has 1 heterocycles. The highest BCUT2D eigenvalue weighted by atomic mass is 32.2. The van der Waals surface area contributed by atoms with Crippen LogP contribution in [0.25, 0.3) is 0 Å². The molecule has 1 atom stereocenters. The van der Waals surface area contributed by atoms with Gasteiger partial charge in [0.2, 0.25) is 5.91 Å². The van der Waals surface area contributed by atoms with Crippen molar-refractivity contribution in [1.29, 1.82) is 0 Å². The molecule has 0 saturated carbocycles. The molecule has 1 amide bonds. The summed E-state index contributed by atoms with van der Waals surface area (Å²) in [5, 5.41) is 2.81. The zero-order valence-electron chi connectivity index (χ0n) is 10.6. The maximum Gasteiger partial charge on any atom is 0.234 e. The fourth-order valence-corrected chi connectivity index (χ4v) is 3.83. The molecule has 0 aromatic rings. The van der Waals surface area contributed by atoms with Crippen LogP contribution in [0.5, 0.6) is 0 Å². The lowest BCUT2D eigenvalue weighted by Crippen LogP contribution is -2.43. The summed E-state index contributed by atoms with van der Waals surface area (Å²) in [5.41, 5.74) is 0. The third-order valence-corrected chi connectivity index (χ3v) is 4.80. The Bertz CT molecular complexity index is 354. The van der Waals surface area contributed by atoms with Gasteiger partial charge in [-0.15, -0.1) is 0 Å². The maximum absolute atomic E-state index is 11.6. The van der Waals surface area contributed by atoms with Crippen LogP contribution in [0, 0.1) is 0 Å². The van der Waals surface area contributed by atoms with Crippen molar-refractivity contribution in [1.82, 2.24) is 10.2 Å². The van der Waals surface area contributed by atoms with Crippen molar-refractivity contribution in [2.75, 3.05) is 31.1 Å². The van der Waals surface area contributed by atoms with Crippen molar-refractivity contribution >= 4 is 15.7 Å². The first-order chi connectivity index (χ1) is 7.98. The van der Waals surface area contributed by atoms with Crippen LogP contribution in [-0.2, 0) is 14.6 Å². The molecule has 0 bridgehead atoms. The van der Waals surface area contributed by atoms with Crippen LogP contribution in [0.3, 0.4) is 0 Å². The van der Waals surface area contributed by atoms with E-state index in [1.165, 1.54) is 0 Å². The van der Waals surface area contributed by atoms with Crippen molar-refractivity contribution in [2.45, 2.75) is 32.7 Å². The van der Waals surface area contributed by atoms with E-state index < -0.39 is 9.84 Å². The zero-order chi connectivity index (χ0) is 12.9. The van der Waals surface area contributed by atoms with E-state index in [4.69, 9.17) is 0 Å². The molecule has 1 aliphatic heterocycles. The number of nitrogens with one attached hydrogen (secondary N) is 1. The molecule has 0 aromatic carbocycles. The van der Waals surface area contributed by atoms with Gasteiger partial charge in [0.25, 0.3) is 0 Å². The number of likely N-dealkylation sites (N-methyl/N-ethyl adjacent to an activating group) is 1. The van der Waals surface area contributed by atoms with Crippen molar-refractivity contribution < 1.29 is 13.2 Å². The second kappa shape index (κ2) is 6.35. The molecule has 17 heavy (non-hydrogen) atoms. The van der Waals surface area contributed by atoms with Crippen LogP contribution in [0.2, 0.25) is 0 Å². The molecular formula is C11H22N2O3S. The molecule has 100 valence electrons. The van der Waals surface area contributed by atoms with E-state index in [9.17, 15) is 13.2 Å². The van der Waals surface area contributed by atoms with E-state index in [-0.39, 0.29) is 23.5 Å². The first-order valence-corrected chi connectivity index (χ1v) is 8.01. The molecule has 1 rings (SSSR count). The highest BCUT2D eigenvalue weighted by Crippen LogP contribution is 2.17. The van der Waals surface area contributed by atoms with Crippen molar-refractivity contribution in [3.8, 4) is 0 Å². The lowest BCUT2D eigenvalue weighted by Gasteiger charge is -2.25. The van der Waals surface area contributed by atoms with Crippen LogP contribution in [0.4, 0.5) is 0 Å². The van der Waals surface area contributed by atoms with E-state index in [2.05, 4.69) is 5.32 Å². The summed E-state index contributed by atoms with van der Waals surface area (Å²) < 4.78 is 22.8. The molecule has 0 radical (unpaired) electrons. The number of hydrogen-bond acceptors (Lipinski definition) is 4. The van der Waals surface area contributed by atoms with Crippen LogP contribution in [-0.4, -0.2) is 56.4 Å². The second-order valence-corrected chi connectivity index (χ2v) is 6.70. The average molecular weight is 262 g/mol. The Kier molecular flexibility index (Phi) is 5.39. The monoisotopic (exact) mass is 262 g/mol. The SMILES string of the molecule is CCCNC(=O)CN(CC)C1CCS(=O)(=O)C1. The van der Waals surface area contributed by atoms with Gasteiger partial charge in [-0.2, -0.15) is 0 Å². The fraction of sp³-hybridized carbons (Fsp3) is 0.909. The summed E-state index contributed by atoms with van der Waals surface area (Å²) in [6, 6.07) is 0.0115. The molecule has 0 aromatic heterocycles. The van der Waals surface area contributed by atoms with Crippen molar-refractivity contribution in [3.63, 3.8) is 0 Å². The third kappa shape index (κ3) is 4.63. The fourth-order valence-electron chi connectivity index (χ4n) is 2.07. The summed E-state index contributed by atoms with van der Waals surface area (Å²) in [6.07, 6.45) is 1.56. The predicted molar refractivity (Wildman–Crippen MR) is 67.6 cm³/mol. The maximum atomic E-state index is 11.6. The Morgan fingerprint density at radius 1 is 1.41 bits per heavy atom. The Morgan fingerprint density at radius 3 is 2.59 bits per heavy atom. The number of hydrogen-bond donors (Lipinski definition) is 1. The lowest BCUT2D eigenvalue weighted by atomic mass is 10.2. The molecule has 1 fully saturated rings. The highest BCUT2D eigenvalue weighted by molar-refractivity contribution is 7.91. The van der Waals surface area contributed by atoms with Gasteiger partial charge in [-0.1, -0.05) is 13.8 Å². The first-order valence-electron chi connectivity index (χ1n) is 6.19. The minimum absolute atomic E-state index is 0.0115. The van der Waals surface area contributed by atoms with E-state index in [1.807, 2.05) is 18.7 Å². The van der Waals surface area contributed by atoms with E-state index in [1.54, 1.807) is 0 Å². The van der Waals surface area contributed by atoms with E-state index in [0.717, 1.165) is 6.42 Å². The summed E-state index contributed by atoms with van der Waals surface area (Å²) in [7, 11) is -2.88. The Hall–Kier alpha value is -0.620. The minimum Gasteiger partial charge on any atom is -0.355 e. The number of sulfone groups is 1. The molecule has 0 spiro atoms. The summed E-state index contributed by atoms with van der Waals surface area (Å²) >= 11 is 0. The number of amides is 1. The number of rotatable bonds is 6. The van der Waals surface area contributed by atoms with Gasteiger partial charge in [-0.05, 0) is 19.4 Å². The van der Waals surface area contributed by atoms with Gasteiger partial charge in [0, 0.05) is 12.6 Å². The standard InChI is InChI=1S/C11H22N2O3S/c1-3-6-12-11(14)8-13(4-2)10-5-7-17(15,16)9-10/h10H,3-9H2,1-2H3,(H,12,14). The summed E-state index contributed by atoms with van der Waals surface area (Å²) in [4.78, 5) is 13.5. The Morgan fingerprint density at radius 2 is 2.12 bits per heavy atom. The van der Waals surface area contributed by atoms with Gasteiger partial charge < -0.3 is 5.32 Å². The molecular weight excluding hydrogens is 240 g/mol. The average Bonchev–Trinajstić information content (AvgIpc) is 2.63. The Labute approximate surface area is 103 Å². The van der Waals surface area contributed by atoms with Gasteiger partial charge in [0.15, 0.2) is 9.84 Å². The Balaban J connectivity index is 2.46. The largest absolute Gasteiger partial charge is 0.355 e. The van der Waals surface area contributed by atoms with E-state index in [0.29, 0.717) is 26.1 Å². The van der Waals surface area contributed by atoms with Crippen molar-refractivity contribution in [2.24, 2.45) is 0 Å². The molecule has 5 nitrogen and oxygen atoms in total. The van der Waals surface area contributed by atoms with Crippen LogP contribution in [0.1, 0.15) is 26.7 Å². The van der Waals surface area contributed by atoms with Crippen LogP contribution < -0.4 is 5.32 Å². The molecule has 1 aliphatic rings. The molecule has 0 aliphatic carbocycles. The van der Waals surface area contributed by atoms with Crippen LogP contribution in [0.15, 0.2) is 0 Å². The van der Waals surface area contributed by atoms with Crippen LogP contribution >= 0.6 is 0 Å². The molecule has 1 unspecified atom stereocenters. The first kappa shape index (κ1) is 14.4. The number of nitrogens with zero attached hydrogens (tertiary/aromatic N) is 1. The number of carbonyl (C=O) groups excluding carboxylic acids is 1. The van der Waals surface area contributed by atoms with Gasteiger partial charge in [0.1, 0.15) is 0 Å². The smallest absolute Gasteiger partial charge is 0.234 e. The predicted octanol–water partition coefficient (Wildman–Crippen LogP) is 0.0216. The minimum atomic E-state index is -2.88. The molecule has 1 saturated heterocycles. The number of carbonyl (C=O) groups is 1. The normalized spacial score (nSPS) is 22.9. The summed E-state index contributed by atoms with van der Waals surface area (Å²) in [5.74, 6) is 0.435. The highest BCUT2D eigenvalue weighted by Gasteiger charge is 2.32. The summed E-state index contributed by atoms with van der Waals surface area (Å²) in [6.45, 7) is 5.65. The third-order valence-electron chi connectivity index (χ3n) is 3.05. The van der Waals surface area contributed by atoms with E-state index >= 15 is 0 Å². The van der Waals surface area contributed by atoms with Crippen molar-refractivity contribution in [3.05, 3.63) is 0 Å². The van der Waals surface area contributed by atoms with Gasteiger partial charge in [-0.3, -0.25) is 9.69 Å². The molecule has 1 N–H and O–H groups in total. The lowest BCUT2D eigenvalue weighted by molar-refractivity contribution is -0.122. The zero-order valence-corrected chi connectivity index (χ0v) is 11.4. The van der Waals surface area contributed by atoms with Gasteiger partial charge >= 0.3 is 0 Å². The van der Waals surface area contributed by atoms with Gasteiger partial charge in [-0.25, -0.2) is 8.42 Å². The quantitative estimate of drug-likeness (QED) is 0.733. The second-order valence-electron chi connectivity index (χ2n) is 4.47. The van der Waals surface area contributed by atoms with Gasteiger partial charge in [0.05, 0.1) is 18.1 Å².